The molecule has 2 aromatic heterocycles. The molecule has 0 fully saturated rings. The molecule has 0 radical (unpaired) electrons. The Morgan fingerprint density at radius 3 is 2.43 bits per heavy atom. The minimum absolute atomic E-state index is 0.604. The highest BCUT2D eigenvalue weighted by atomic mass is 15.0. The van der Waals surface area contributed by atoms with Gasteiger partial charge in [-0.2, -0.15) is 0 Å². The van der Waals surface area contributed by atoms with E-state index < -0.39 is 0 Å². The summed E-state index contributed by atoms with van der Waals surface area (Å²) >= 11 is 0. The maximum atomic E-state index is 4.57. The van der Waals surface area contributed by atoms with Gasteiger partial charge in [-0.15, -0.1) is 0 Å². The first-order valence-electron chi connectivity index (χ1n) is 8.17. The van der Waals surface area contributed by atoms with Crippen molar-refractivity contribution in [3.8, 4) is 11.3 Å². The molecule has 0 saturated carbocycles. The summed E-state index contributed by atoms with van der Waals surface area (Å²) < 4.78 is 2.45. The van der Waals surface area contributed by atoms with Crippen LogP contribution in [-0.2, 0) is 6.54 Å². The smallest absolute Gasteiger partial charge is 0.0708 e. The van der Waals surface area contributed by atoms with Crippen molar-refractivity contribution in [1.82, 2.24) is 9.55 Å². The first-order chi connectivity index (χ1) is 11.3. The monoisotopic (exact) mass is 300 g/mol. The molecular formula is C21H20N2. The van der Waals surface area contributed by atoms with E-state index in [2.05, 4.69) is 78.0 Å². The van der Waals surface area contributed by atoms with Crippen LogP contribution in [0.15, 0.2) is 66.9 Å². The largest absolute Gasteiger partial charge is 0.340 e. The average Bonchev–Trinajstić information content (AvgIpc) is 2.90. The number of rotatable bonds is 3. The van der Waals surface area contributed by atoms with Crippen LogP contribution in [-0.4, -0.2) is 9.55 Å². The fourth-order valence-corrected chi connectivity index (χ4v) is 3.40. The molecule has 0 bridgehead atoms. The first-order valence-corrected chi connectivity index (χ1v) is 8.17. The second-order valence-corrected chi connectivity index (χ2v) is 6.44. The van der Waals surface area contributed by atoms with Gasteiger partial charge in [0.05, 0.1) is 5.69 Å². The Morgan fingerprint density at radius 2 is 1.65 bits per heavy atom. The Balaban J connectivity index is 2.12. The second kappa shape index (κ2) is 5.54. The number of benzene rings is 2. The van der Waals surface area contributed by atoms with Gasteiger partial charge < -0.3 is 4.57 Å². The van der Waals surface area contributed by atoms with Crippen molar-refractivity contribution in [2.45, 2.75) is 20.4 Å². The first kappa shape index (κ1) is 14.0. The zero-order chi connectivity index (χ0) is 15.8. The van der Waals surface area contributed by atoms with E-state index in [0.29, 0.717) is 5.92 Å². The topological polar surface area (TPSA) is 17.8 Å². The molecule has 0 aliphatic carbocycles. The van der Waals surface area contributed by atoms with Crippen LogP contribution in [0.4, 0.5) is 0 Å². The summed E-state index contributed by atoms with van der Waals surface area (Å²) in [5.74, 6) is 0.604. The SMILES string of the molecule is CC(C)Cn1c2ccccc2c2c(-c3ccccn3)cccc21. The summed E-state index contributed by atoms with van der Waals surface area (Å²) in [4.78, 5) is 4.57. The Labute approximate surface area is 136 Å². The molecule has 2 heteroatoms. The third-order valence-corrected chi connectivity index (χ3v) is 4.29. The fraction of sp³-hybridized carbons (Fsp3) is 0.190. The van der Waals surface area contributed by atoms with Gasteiger partial charge in [-0.1, -0.05) is 50.2 Å². The molecule has 2 heterocycles. The van der Waals surface area contributed by atoms with Crippen LogP contribution in [0.1, 0.15) is 13.8 Å². The van der Waals surface area contributed by atoms with Gasteiger partial charge in [-0.25, -0.2) is 0 Å². The van der Waals surface area contributed by atoms with Crippen LogP contribution in [0.5, 0.6) is 0 Å². The van der Waals surface area contributed by atoms with Gasteiger partial charge in [0.2, 0.25) is 0 Å². The van der Waals surface area contributed by atoms with Gasteiger partial charge in [-0.05, 0) is 30.2 Å². The van der Waals surface area contributed by atoms with Gasteiger partial charge in [0.25, 0.3) is 0 Å². The van der Waals surface area contributed by atoms with E-state index >= 15 is 0 Å². The Bertz CT molecular complexity index is 965. The van der Waals surface area contributed by atoms with Crippen molar-refractivity contribution >= 4 is 21.8 Å². The minimum atomic E-state index is 0.604. The van der Waals surface area contributed by atoms with Gasteiger partial charge in [0, 0.05) is 40.1 Å². The normalized spacial score (nSPS) is 11.6. The standard InChI is InChI=1S/C21H20N2/c1-15(2)14-23-19-11-4-3-8-17(19)21-16(9-7-12-20(21)23)18-10-5-6-13-22-18/h3-13,15H,14H2,1-2H3. The number of aromatic nitrogens is 2. The van der Waals surface area contributed by atoms with Gasteiger partial charge in [0.15, 0.2) is 0 Å². The molecule has 0 atom stereocenters. The lowest BCUT2D eigenvalue weighted by Crippen LogP contribution is -2.03. The number of pyridine rings is 1. The summed E-state index contributed by atoms with van der Waals surface area (Å²) in [7, 11) is 0. The molecule has 2 nitrogen and oxygen atoms in total. The second-order valence-electron chi connectivity index (χ2n) is 6.44. The predicted molar refractivity (Wildman–Crippen MR) is 97.5 cm³/mol. The lowest BCUT2D eigenvalue weighted by atomic mass is 10.0. The molecule has 0 saturated heterocycles. The quantitative estimate of drug-likeness (QED) is 0.487. The van der Waals surface area contributed by atoms with Crippen molar-refractivity contribution in [2.75, 3.05) is 0 Å². The van der Waals surface area contributed by atoms with Crippen LogP contribution < -0.4 is 0 Å². The molecule has 0 N–H and O–H groups in total. The van der Waals surface area contributed by atoms with Crippen LogP contribution in [0, 0.1) is 5.92 Å². The van der Waals surface area contributed by atoms with Crippen molar-refractivity contribution < 1.29 is 0 Å². The van der Waals surface area contributed by atoms with Crippen LogP contribution in [0.3, 0.4) is 0 Å². The highest BCUT2D eigenvalue weighted by Crippen LogP contribution is 2.36. The summed E-state index contributed by atoms with van der Waals surface area (Å²) in [6.07, 6.45) is 1.86. The minimum Gasteiger partial charge on any atom is -0.340 e. The molecule has 114 valence electrons. The highest BCUT2D eigenvalue weighted by Gasteiger charge is 2.15. The summed E-state index contributed by atoms with van der Waals surface area (Å²) in [6.45, 7) is 5.56. The van der Waals surface area contributed by atoms with Crippen molar-refractivity contribution in [2.24, 2.45) is 5.92 Å². The van der Waals surface area contributed by atoms with Crippen molar-refractivity contribution in [3.63, 3.8) is 0 Å². The van der Waals surface area contributed by atoms with Gasteiger partial charge >= 0.3 is 0 Å². The van der Waals surface area contributed by atoms with Crippen molar-refractivity contribution in [1.29, 1.82) is 0 Å². The zero-order valence-corrected chi connectivity index (χ0v) is 13.5. The van der Waals surface area contributed by atoms with E-state index in [1.54, 1.807) is 0 Å². The molecule has 0 unspecified atom stereocenters. The lowest BCUT2D eigenvalue weighted by molar-refractivity contribution is 0.545. The summed E-state index contributed by atoms with van der Waals surface area (Å²) in [6, 6.07) is 21.3. The van der Waals surface area contributed by atoms with E-state index in [-0.39, 0.29) is 0 Å². The molecule has 0 spiro atoms. The molecule has 2 aromatic carbocycles. The summed E-state index contributed by atoms with van der Waals surface area (Å²) in [5.41, 5.74) is 4.84. The maximum absolute atomic E-state index is 4.57. The van der Waals surface area contributed by atoms with Crippen LogP contribution >= 0.6 is 0 Å². The Hall–Kier alpha value is -2.61. The third kappa shape index (κ3) is 2.31. The van der Waals surface area contributed by atoms with E-state index in [1.807, 2.05) is 12.3 Å². The van der Waals surface area contributed by atoms with Crippen LogP contribution in [0.25, 0.3) is 33.1 Å². The highest BCUT2D eigenvalue weighted by molar-refractivity contribution is 6.14. The molecule has 0 aliphatic rings. The molecular weight excluding hydrogens is 280 g/mol. The number of hydrogen-bond donors (Lipinski definition) is 0. The number of para-hydroxylation sites is 1. The van der Waals surface area contributed by atoms with E-state index in [0.717, 1.165) is 12.2 Å². The van der Waals surface area contributed by atoms with Crippen LogP contribution in [0.2, 0.25) is 0 Å². The summed E-state index contributed by atoms with van der Waals surface area (Å²) in [5, 5.41) is 2.62. The number of hydrogen-bond acceptors (Lipinski definition) is 1. The van der Waals surface area contributed by atoms with Gasteiger partial charge in [0.1, 0.15) is 0 Å². The fourth-order valence-electron chi connectivity index (χ4n) is 3.40. The lowest BCUT2D eigenvalue weighted by Gasteiger charge is -2.10. The Kier molecular flexibility index (Phi) is 3.38. The molecule has 0 amide bonds. The number of nitrogens with zero attached hydrogens (tertiary/aromatic N) is 2. The van der Waals surface area contributed by atoms with E-state index in [1.165, 1.54) is 27.4 Å². The molecule has 0 aliphatic heterocycles. The predicted octanol–water partition coefficient (Wildman–Crippen LogP) is 5.51. The molecule has 23 heavy (non-hydrogen) atoms. The molecule has 4 rings (SSSR count). The Morgan fingerprint density at radius 1 is 0.870 bits per heavy atom. The van der Waals surface area contributed by atoms with E-state index in [4.69, 9.17) is 0 Å². The zero-order valence-electron chi connectivity index (χ0n) is 13.5. The average molecular weight is 300 g/mol. The van der Waals surface area contributed by atoms with Gasteiger partial charge in [-0.3, -0.25) is 4.98 Å². The third-order valence-electron chi connectivity index (χ3n) is 4.29. The molecule has 4 aromatic rings. The van der Waals surface area contributed by atoms with E-state index in [9.17, 15) is 0 Å². The maximum Gasteiger partial charge on any atom is 0.0708 e. The van der Waals surface area contributed by atoms with Crippen molar-refractivity contribution in [3.05, 3.63) is 66.9 Å². The number of fused-ring (bicyclic) bond motifs is 3.